The lowest BCUT2D eigenvalue weighted by Crippen LogP contribution is -2.52. The number of anilines is 1. The van der Waals surface area contributed by atoms with Crippen LogP contribution >= 0.6 is 11.6 Å². The molecule has 0 radical (unpaired) electrons. The van der Waals surface area contributed by atoms with Crippen molar-refractivity contribution in [3.63, 3.8) is 0 Å². The van der Waals surface area contributed by atoms with Crippen LogP contribution in [0.1, 0.15) is 91.6 Å². The Morgan fingerprint density at radius 2 is 1.68 bits per heavy atom. The lowest BCUT2D eigenvalue weighted by molar-refractivity contribution is -0.137. The molecule has 1 aromatic heterocycles. The third kappa shape index (κ3) is 9.39. The zero-order valence-electron chi connectivity index (χ0n) is 36.3. The van der Waals surface area contributed by atoms with Crippen LogP contribution in [0, 0.1) is 23.4 Å². The van der Waals surface area contributed by atoms with Gasteiger partial charge in [-0.15, -0.1) is 0 Å². The van der Waals surface area contributed by atoms with Gasteiger partial charge in [-0.05, 0) is 106 Å². The van der Waals surface area contributed by atoms with Gasteiger partial charge < -0.3 is 29.1 Å². The minimum absolute atomic E-state index is 0.00704. The van der Waals surface area contributed by atoms with E-state index in [1.54, 1.807) is 18.2 Å². The van der Waals surface area contributed by atoms with Crippen molar-refractivity contribution in [2.75, 3.05) is 70.5 Å². The number of hydrogen-bond donors (Lipinski definition) is 1. The lowest BCUT2D eigenvalue weighted by atomic mass is 9.85. The van der Waals surface area contributed by atoms with E-state index in [0.29, 0.717) is 62.8 Å². The van der Waals surface area contributed by atoms with Gasteiger partial charge in [0.2, 0.25) is 17.7 Å². The van der Waals surface area contributed by atoms with Gasteiger partial charge in [0.1, 0.15) is 41.1 Å². The Bertz CT molecular complexity index is 2470. The number of piperazine rings is 1. The van der Waals surface area contributed by atoms with Gasteiger partial charge in [-0.25, -0.2) is 23.1 Å². The molecule has 344 valence electrons. The van der Waals surface area contributed by atoms with Gasteiger partial charge in [-0.1, -0.05) is 36.9 Å². The molecule has 3 aromatic carbocycles. The van der Waals surface area contributed by atoms with Crippen LogP contribution in [0.25, 0.3) is 22.0 Å². The van der Waals surface area contributed by atoms with Gasteiger partial charge in [0.25, 0.3) is 5.91 Å². The molecule has 0 saturated carbocycles. The highest BCUT2D eigenvalue weighted by Crippen LogP contribution is 2.43. The highest BCUT2D eigenvalue weighted by molar-refractivity contribution is 6.34. The van der Waals surface area contributed by atoms with Crippen LogP contribution in [-0.2, 0) is 25.7 Å². The molecule has 65 heavy (non-hydrogen) atoms. The Morgan fingerprint density at radius 1 is 0.892 bits per heavy atom. The Hall–Kier alpha value is -5.32. The molecule has 2 atom stereocenters. The number of amides is 4. The average molecular weight is 916 g/mol. The van der Waals surface area contributed by atoms with Crippen LogP contribution < -0.4 is 15.0 Å². The number of imide groups is 1. The summed E-state index contributed by atoms with van der Waals surface area (Å²) >= 11 is 6.78. The number of fused-ring (bicyclic) bond motifs is 2. The standard InChI is InChI=1S/C48H53ClF3N7O6/c49-36-25-34-44(53-28-54-45(34)57-17-19-58(20-18-57)47(62)30-13-22-64-27-30)43(52)41(36)42-37(51)7-6-8-39(42)65-21-5-3-1-2-4-14-56-15-11-29(12-16-56)32-23-31(50)24-33-35(32)26-59(48(33)63)38-9-10-40(60)55-46(38)61/h6-8,23-25,28-30,38H,1-5,9-22,26-27H2,(H,55,60,61). The Morgan fingerprint density at radius 3 is 2.45 bits per heavy atom. The van der Waals surface area contributed by atoms with E-state index in [2.05, 4.69) is 20.2 Å². The van der Waals surface area contributed by atoms with E-state index in [9.17, 15) is 23.6 Å². The highest BCUT2D eigenvalue weighted by atomic mass is 35.5. The number of carbonyl (C=O) groups excluding carboxylic acids is 4. The van der Waals surface area contributed by atoms with Crippen molar-refractivity contribution in [1.29, 1.82) is 0 Å². The maximum absolute atomic E-state index is 16.5. The largest absolute Gasteiger partial charge is 0.493 e. The maximum atomic E-state index is 16.5. The fourth-order valence-electron chi connectivity index (χ4n) is 10.2. The van der Waals surface area contributed by atoms with Gasteiger partial charge in [0, 0.05) is 62.3 Å². The quantitative estimate of drug-likeness (QED) is 0.104. The molecule has 5 aliphatic heterocycles. The molecule has 4 saturated heterocycles. The Balaban J connectivity index is 0.738. The monoisotopic (exact) mass is 915 g/mol. The number of rotatable bonds is 14. The van der Waals surface area contributed by atoms with E-state index < -0.39 is 29.4 Å². The van der Waals surface area contributed by atoms with E-state index >= 15 is 8.78 Å². The van der Waals surface area contributed by atoms with E-state index in [4.69, 9.17) is 21.1 Å². The van der Waals surface area contributed by atoms with Crippen molar-refractivity contribution in [2.45, 2.75) is 82.7 Å². The van der Waals surface area contributed by atoms with Gasteiger partial charge in [0.05, 0.1) is 29.7 Å². The van der Waals surface area contributed by atoms with Crippen LogP contribution in [-0.4, -0.2) is 120 Å². The summed E-state index contributed by atoms with van der Waals surface area (Å²) in [5.41, 5.74) is 1.78. The van der Waals surface area contributed by atoms with Crippen molar-refractivity contribution in [1.82, 2.24) is 30.0 Å². The SMILES string of the molecule is O=C1CCC(N2Cc3c(cc(F)cc3C3CCN(CCCCCCCOc4cccc(F)c4-c4c(Cl)cc5c(N6CCN(C(=O)C7CCOC7)CC6)ncnc5c4F)CC3)C2=O)C(=O)N1. The number of nitrogens with one attached hydrogen (secondary N) is 1. The first-order valence-electron chi connectivity index (χ1n) is 22.9. The van der Waals surface area contributed by atoms with Crippen molar-refractivity contribution in [3.8, 4) is 16.9 Å². The van der Waals surface area contributed by atoms with Crippen LogP contribution in [0.5, 0.6) is 5.75 Å². The molecule has 0 bridgehead atoms. The molecular weight excluding hydrogens is 863 g/mol. The molecule has 2 unspecified atom stereocenters. The second-order valence-electron chi connectivity index (χ2n) is 17.8. The second kappa shape index (κ2) is 19.6. The van der Waals surface area contributed by atoms with Crippen molar-refractivity contribution in [2.24, 2.45) is 5.92 Å². The van der Waals surface area contributed by atoms with Gasteiger partial charge in [0.15, 0.2) is 5.82 Å². The number of carbonyl (C=O) groups is 4. The fraction of sp³-hybridized carbons (Fsp3) is 0.500. The van der Waals surface area contributed by atoms with Crippen LogP contribution in [0.15, 0.2) is 42.7 Å². The number of halogens is 4. The van der Waals surface area contributed by atoms with Gasteiger partial charge in [-0.3, -0.25) is 24.5 Å². The summed E-state index contributed by atoms with van der Waals surface area (Å²) in [6, 6.07) is 8.05. The number of unbranched alkanes of at least 4 members (excludes halogenated alkanes) is 4. The molecular formula is C48H53ClF3N7O6. The van der Waals surface area contributed by atoms with E-state index in [1.807, 2.05) is 9.80 Å². The summed E-state index contributed by atoms with van der Waals surface area (Å²) in [5.74, 6) is -2.30. The number of piperidine rings is 2. The van der Waals surface area contributed by atoms with E-state index in [-0.39, 0.29) is 76.4 Å². The Kier molecular flexibility index (Phi) is 13.6. The molecule has 17 heteroatoms. The molecule has 1 N–H and O–H groups in total. The number of ether oxygens (including phenoxy) is 2. The van der Waals surface area contributed by atoms with Gasteiger partial charge >= 0.3 is 0 Å². The van der Waals surface area contributed by atoms with E-state index in [1.165, 1.54) is 29.4 Å². The number of nitrogens with zero attached hydrogens (tertiary/aromatic N) is 6. The maximum Gasteiger partial charge on any atom is 0.255 e. The number of likely N-dealkylation sites (tertiary alicyclic amines) is 1. The molecule has 6 heterocycles. The average Bonchev–Trinajstić information content (AvgIpc) is 3.96. The summed E-state index contributed by atoms with van der Waals surface area (Å²) in [6.07, 6.45) is 8.76. The third-order valence-electron chi connectivity index (χ3n) is 13.8. The molecule has 0 spiro atoms. The van der Waals surface area contributed by atoms with E-state index in [0.717, 1.165) is 82.1 Å². The topological polar surface area (TPSA) is 138 Å². The second-order valence-corrected chi connectivity index (χ2v) is 18.2. The minimum atomic E-state index is -0.766. The predicted molar refractivity (Wildman–Crippen MR) is 237 cm³/mol. The third-order valence-corrected chi connectivity index (χ3v) is 14.1. The van der Waals surface area contributed by atoms with Crippen LogP contribution in [0.2, 0.25) is 5.02 Å². The minimum Gasteiger partial charge on any atom is -0.493 e. The first-order chi connectivity index (χ1) is 31.5. The molecule has 9 rings (SSSR count). The number of aromatic nitrogens is 2. The molecule has 4 amide bonds. The molecule has 5 aliphatic rings. The highest BCUT2D eigenvalue weighted by Gasteiger charge is 2.41. The summed E-state index contributed by atoms with van der Waals surface area (Å²) in [5, 5.41) is 2.73. The lowest BCUT2D eigenvalue weighted by Gasteiger charge is -2.36. The summed E-state index contributed by atoms with van der Waals surface area (Å²) < 4.78 is 58.4. The number of hydrogen-bond acceptors (Lipinski definition) is 10. The van der Waals surface area contributed by atoms with Crippen molar-refractivity contribution < 1.29 is 41.8 Å². The zero-order chi connectivity index (χ0) is 45.2. The fourth-order valence-corrected chi connectivity index (χ4v) is 10.5. The van der Waals surface area contributed by atoms with Crippen LogP contribution in [0.3, 0.4) is 0 Å². The van der Waals surface area contributed by atoms with Crippen LogP contribution in [0.4, 0.5) is 19.0 Å². The predicted octanol–water partition coefficient (Wildman–Crippen LogP) is 7.02. The smallest absolute Gasteiger partial charge is 0.255 e. The molecule has 0 aliphatic carbocycles. The number of benzene rings is 3. The van der Waals surface area contributed by atoms with Crippen molar-refractivity contribution >= 4 is 52.0 Å². The Labute approximate surface area is 380 Å². The molecule has 4 fully saturated rings. The van der Waals surface area contributed by atoms with Gasteiger partial charge in [-0.2, -0.15) is 0 Å². The first-order valence-corrected chi connectivity index (χ1v) is 23.3. The van der Waals surface area contributed by atoms with Crippen molar-refractivity contribution in [3.05, 3.63) is 81.9 Å². The normalized spacial score (nSPS) is 20.8. The molecule has 4 aromatic rings. The molecule has 13 nitrogen and oxygen atoms in total. The summed E-state index contributed by atoms with van der Waals surface area (Å²) in [6.45, 7) is 6.25. The summed E-state index contributed by atoms with van der Waals surface area (Å²) in [7, 11) is 0. The zero-order valence-corrected chi connectivity index (χ0v) is 37.0. The first kappa shape index (κ1) is 44.9. The summed E-state index contributed by atoms with van der Waals surface area (Å²) in [4.78, 5) is 67.0.